The SMILES string of the molecule is COC(=O)[C@H](N)c1ccc(C)cc1C.Cl. The van der Waals surface area contributed by atoms with E-state index in [0.29, 0.717) is 0 Å². The Balaban J connectivity index is 0.00000196. The first kappa shape index (κ1) is 13.9. The van der Waals surface area contributed by atoms with E-state index in [4.69, 9.17) is 5.73 Å². The predicted molar refractivity (Wildman–Crippen MR) is 62.1 cm³/mol. The number of benzene rings is 1. The molecule has 0 amide bonds. The highest BCUT2D eigenvalue weighted by Gasteiger charge is 2.17. The fourth-order valence-corrected chi connectivity index (χ4v) is 1.43. The summed E-state index contributed by atoms with van der Waals surface area (Å²) in [5.41, 5.74) is 8.72. The third-order valence-electron chi connectivity index (χ3n) is 2.22. The van der Waals surface area contributed by atoms with Crippen molar-refractivity contribution in [2.24, 2.45) is 5.73 Å². The molecule has 4 heteroatoms. The van der Waals surface area contributed by atoms with Gasteiger partial charge in [-0.15, -0.1) is 12.4 Å². The van der Waals surface area contributed by atoms with Gasteiger partial charge in [0.1, 0.15) is 6.04 Å². The first-order chi connectivity index (χ1) is 6.56. The second-order valence-electron chi connectivity index (χ2n) is 3.36. The molecule has 0 heterocycles. The molecule has 0 spiro atoms. The van der Waals surface area contributed by atoms with E-state index in [1.807, 2.05) is 32.0 Å². The van der Waals surface area contributed by atoms with E-state index in [9.17, 15) is 4.79 Å². The number of carbonyl (C=O) groups is 1. The predicted octanol–water partition coefficient (Wildman–Crippen LogP) is 1.90. The van der Waals surface area contributed by atoms with E-state index < -0.39 is 12.0 Å². The highest BCUT2D eigenvalue weighted by Crippen LogP contribution is 2.17. The molecule has 0 aliphatic carbocycles. The second-order valence-corrected chi connectivity index (χ2v) is 3.36. The summed E-state index contributed by atoms with van der Waals surface area (Å²) in [7, 11) is 1.34. The lowest BCUT2D eigenvalue weighted by atomic mass is 10.00. The van der Waals surface area contributed by atoms with Crippen LogP contribution in [0.1, 0.15) is 22.7 Å². The minimum Gasteiger partial charge on any atom is -0.468 e. The molecule has 15 heavy (non-hydrogen) atoms. The molecule has 3 nitrogen and oxygen atoms in total. The average molecular weight is 230 g/mol. The summed E-state index contributed by atoms with van der Waals surface area (Å²) in [5.74, 6) is -0.406. The summed E-state index contributed by atoms with van der Waals surface area (Å²) in [6.45, 7) is 3.94. The number of nitrogens with two attached hydrogens (primary N) is 1. The third kappa shape index (κ3) is 3.22. The molecule has 84 valence electrons. The smallest absolute Gasteiger partial charge is 0.327 e. The zero-order chi connectivity index (χ0) is 10.7. The van der Waals surface area contributed by atoms with Gasteiger partial charge in [0.25, 0.3) is 0 Å². The van der Waals surface area contributed by atoms with Gasteiger partial charge in [-0.2, -0.15) is 0 Å². The van der Waals surface area contributed by atoms with Gasteiger partial charge in [-0.05, 0) is 25.0 Å². The topological polar surface area (TPSA) is 52.3 Å². The van der Waals surface area contributed by atoms with Gasteiger partial charge in [0.15, 0.2) is 0 Å². The number of methoxy groups -OCH3 is 1. The first-order valence-corrected chi connectivity index (χ1v) is 4.47. The summed E-state index contributed by atoms with van der Waals surface area (Å²) >= 11 is 0. The maximum Gasteiger partial charge on any atom is 0.327 e. The number of halogens is 1. The standard InChI is InChI=1S/C11H15NO2.ClH/c1-7-4-5-9(8(2)6-7)10(12)11(13)14-3;/h4-6,10H,12H2,1-3H3;1H/t10-;/m1./s1. The van der Waals surface area contributed by atoms with Gasteiger partial charge < -0.3 is 10.5 Å². The van der Waals surface area contributed by atoms with Crippen LogP contribution < -0.4 is 5.73 Å². The zero-order valence-electron chi connectivity index (χ0n) is 9.11. The number of hydrogen-bond acceptors (Lipinski definition) is 3. The summed E-state index contributed by atoms with van der Waals surface area (Å²) < 4.78 is 4.59. The quantitative estimate of drug-likeness (QED) is 0.789. The fraction of sp³-hybridized carbons (Fsp3) is 0.364. The van der Waals surface area contributed by atoms with E-state index in [0.717, 1.165) is 16.7 Å². The number of hydrogen-bond donors (Lipinski definition) is 1. The normalized spacial score (nSPS) is 11.5. The summed E-state index contributed by atoms with van der Waals surface area (Å²) in [6.07, 6.45) is 0. The molecule has 0 aromatic heterocycles. The minimum atomic E-state index is -0.680. The van der Waals surface area contributed by atoms with E-state index in [1.165, 1.54) is 7.11 Å². The molecule has 0 fully saturated rings. The van der Waals surface area contributed by atoms with E-state index in [2.05, 4.69) is 4.74 Å². The molecule has 0 bridgehead atoms. The minimum absolute atomic E-state index is 0. The molecule has 0 unspecified atom stereocenters. The van der Waals surface area contributed by atoms with Gasteiger partial charge >= 0.3 is 5.97 Å². The van der Waals surface area contributed by atoms with Crippen molar-refractivity contribution in [1.29, 1.82) is 0 Å². The molecule has 1 rings (SSSR count). The second kappa shape index (κ2) is 5.73. The maximum atomic E-state index is 11.2. The van der Waals surface area contributed by atoms with Crippen LogP contribution >= 0.6 is 12.4 Å². The third-order valence-corrected chi connectivity index (χ3v) is 2.22. The van der Waals surface area contributed by atoms with Crippen LogP contribution in [0.3, 0.4) is 0 Å². The van der Waals surface area contributed by atoms with Crippen LogP contribution in [-0.4, -0.2) is 13.1 Å². The molecular weight excluding hydrogens is 214 g/mol. The molecule has 0 saturated carbocycles. The van der Waals surface area contributed by atoms with Crippen LogP contribution in [0.4, 0.5) is 0 Å². The van der Waals surface area contributed by atoms with Crippen molar-refractivity contribution in [3.8, 4) is 0 Å². The van der Waals surface area contributed by atoms with Crippen LogP contribution in [0.15, 0.2) is 18.2 Å². The van der Waals surface area contributed by atoms with E-state index in [-0.39, 0.29) is 12.4 Å². The molecule has 1 aromatic carbocycles. The summed E-state index contributed by atoms with van der Waals surface area (Å²) in [4.78, 5) is 11.2. The van der Waals surface area contributed by atoms with Gasteiger partial charge in [-0.1, -0.05) is 23.8 Å². The summed E-state index contributed by atoms with van der Waals surface area (Å²) in [6, 6.07) is 5.12. The van der Waals surface area contributed by atoms with E-state index in [1.54, 1.807) is 0 Å². The van der Waals surface area contributed by atoms with Crippen molar-refractivity contribution in [3.63, 3.8) is 0 Å². The lowest BCUT2D eigenvalue weighted by molar-refractivity contribution is -0.142. The van der Waals surface area contributed by atoms with Crippen LogP contribution in [0.5, 0.6) is 0 Å². The van der Waals surface area contributed by atoms with Crippen LogP contribution in [-0.2, 0) is 9.53 Å². The highest BCUT2D eigenvalue weighted by molar-refractivity contribution is 5.85. The number of aryl methyl sites for hydroxylation is 2. The van der Waals surface area contributed by atoms with Gasteiger partial charge in [0.05, 0.1) is 7.11 Å². The molecule has 0 aliphatic heterocycles. The number of carbonyl (C=O) groups excluding carboxylic acids is 1. The maximum absolute atomic E-state index is 11.2. The van der Waals surface area contributed by atoms with Crippen molar-refractivity contribution in [2.75, 3.05) is 7.11 Å². The molecule has 1 aromatic rings. The highest BCUT2D eigenvalue weighted by atomic mass is 35.5. The molecular formula is C11H16ClNO2. The molecule has 0 radical (unpaired) electrons. The Bertz CT molecular complexity index is 352. The van der Waals surface area contributed by atoms with Crippen molar-refractivity contribution >= 4 is 18.4 Å². The van der Waals surface area contributed by atoms with Crippen molar-refractivity contribution in [2.45, 2.75) is 19.9 Å². The van der Waals surface area contributed by atoms with Crippen LogP contribution in [0.2, 0.25) is 0 Å². The number of rotatable bonds is 2. The van der Waals surface area contributed by atoms with Crippen molar-refractivity contribution in [3.05, 3.63) is 34.9 Å². The number of ether oxygens (including phenoxy) is 1. The Hall–Kier alpha value is -1.06. The van der Waals surface area contributed by atoms with Gasteiger partial charge in [-0.25, -0.2) is 0 Å². The van der Waals surface area contributed by atoms with Crippen molar-refractivity contribution in [1.82, 2.24) is 0 Å². The van der Waals surface area contributed by atoms with Gasteiger partial charge in [0, 0.05) is 0 Å². The van der Waals surface area contributed by atoms with Gasteiger partial charge in [0.2, 0.25) is 0 Å². The fourth-order valence-electron chi connectivity index (χ4n) is 1.43. The number of esters is 1. The molecule has 0 saturated heterocycles. The summed E-state index contributed by atoms with van der Waals surface area (Å²) in [5, 5.41) is 0. The Kier molecular flexibility index (Phi) is 5.33. The lowest BCUT2D eigenvalue weighted by Crippen LogP contribution is -2.23. The monoisotopic (exact) mass is 229 g/mol. The molecule has 0 aliphatic rings. The van der Waals surface area contributed by atoms with Crippen LogP contribution in [0, 0.1) is 13.8 Å². The van der Waals surface area contributed by atoms with Crippen LogP contribution in [0.25, 0.3) is 0 Å². The van der Waals surface area contributed by atoms with Gasteiger partial charge in [-0.3, -0.25) is 4.79 Å². The molecule has 1 atom stereocenters. The average Bonchev–Trinajstić information content (AvgIpc) is 2.15. The Morgan fingerprint density at radius 3 is 2.47 bits per heavy atom. The molecule has 2 N–H and O–H groups in total. The Labute approximate surface area is 96.0 Å². The Morgan fingerprint density at radius 2 is 2.00 bits per heavy atom. The first-order valence-electron chi connectivity index (χ1n) is 4.47. The zero-order valence-corrected chi connectivity index (χ0v) is 9.93. The lowest BCUT2D eigenvalue weighted by Gasteiger charge is -2.12. The van der Waals surface area contributed by atoms with Crippen molar-refractivity contribution < 1.29 is 9.53 Å². The van der Waals surface area contributed by atoms with E-state index >= 15 is 0 Å². The largest absolute Gasteiger partial charge is 0.468 e. The Morgan fingerprint density at radius 1 is 1.40 bits per heavy atom.